The molecule has 0 aliphatic carbocycles. The van der Waals surface area contributed by atoms with Crippen LogP contribution in [0.25, 0.3) is 16.8 Å². The van der Waals surface area contributed by atoms with Gasteiger partial charge in [-0.25, -0.2) is 13.4 Å². The number of rotatable bonds is 8. The van der Waals surface area contributed by atoms with Crippen LogP contribution >= 0.6 is 11.6 Å². The summed E-state index contributed by atoms with van der Waals surface area (Å²) in [6.07, 6.45) is 6.08. The predicted molar refractivity (Wildman–Crippen MR) is 140 cm³/mol. The van der Waals surface area contributed by atoms with E-state index in [1.54, 1.807) is 18.2 Å². The quantitative estimate of drug-likeness (QED) is 0.264. The molecule has 6 heteroatoms. The molecular weight excluding hydrogens is 464 g/mol. The average Bonchev–Trinajstić information content (AvgIpc) is 3.24. The maximum atomic E-state index is 12.0. The van der Waals surface area contributed by atoms with Gasteiger partial charge in [-0.3, -0.25) is 0 Å². The van der Waals surface area contributed by atoms with Gasteiger partial charge in [0.25, 0.3) is 0 Å². The van der Waals surface area contributed by atoms with Crippen molar-refractivity contribution in [2.24, 2.45) is 0 Å². The van der Waals surface area contributed by atoms with E-state index in [0.29, 0.717) is 17.2 Å². The fraction of sp³-hybridized carbons (Fsp3) is 0.250. The summed E-state index contributed by atoms with van der Waals surface area (Å²) in [5.74, 6) is 1.35. The minimum absolute atomic E-state index is 0.320. The van der Waals surface area contributed by atoms with Crippen molar-refractivity contribution >= 4 is 21.4 Å². The average molecular weight is 493 g/mol. The zero-order valence-electron chi connectivity index (χ0n) is 19.7. The van der Waals surface area contributed by atoms with Gasteiger partial charge in [-0.05, 0) is 59.9 Å². The monoisotopic (exact) mass is 492 g/mol. The molecule has 0 saturated heterocycles. The Morgan fingerprint density at radius 2 is 1.62 bits per heavy atom. The third-order valence-corrected chi connectivity index (χ3v) is 7.73. The summed E-state index contributed by atoms with van der Waals surface area (Å²) in [4.78, 5) is 5.34. The molecule has 0 fully saturated rings. The number of sulfone groups is 1. The summed E-state index contributed by atoms with van der Waals surface area (Å²) in [6.45, 7) is 4.39. The molecule has 0 N–H and O–H groups in total. The van der Waals surface area contributed by atoms with Crippen molar-refractivity contribution in [3.8, 4) is 16.8 Å². The molecule has 176 valence electrons. The van der Waals surface area contributed by atoms with E-state index in [-0.39, 0.29) is 0 Å². The van der Waals surface area contributed by atoms with Crippen molar-refractivity contribution in [2.75, 3.05) is 6.26 Å². The molecule has 1 aromatic heterocycles. The van der Waals surface area contributed by atoms with Gasteiger partial charge in [0.05, 0.1) is 10.6 Å². The second-order valence-electron chi connectivity index (χ2n) is 8.58. The molecule has 0 saturated carbocycles. The van der Waals surface area contributed by atoms with Crippen LogP contribution in [0.1, 0.15) is 49.7 Å². The van der Waals surface area contributed by atoms with E-state index in [9.17, 15) is 8.42 Å². The van der Waals surface area contributed by atoms with Crippen LogP contribution in [0.15, 0.2) is 83.9 Å². The lowest BCUT2D eigenvalue weighted by Gasteiger charge is -2.10. The molecule has 4 aromatic rings. The zero-order chi connectivity index (χ0) is 24.3. The molecule has 1 heterocycles. The molecule has 0 spiro atoms. The van der Waals surface area contributed by atoms with Crippen LogP contribution < -0.4 is 0 Å². The number of hydrogen-bond acceptors (Lipinski definition) is 3. The van der Waals surface area contributed by atoms with E-state index in [0.717, 1.165) is 51.8 Å². The Balaban J connectivity index is 1.72. The van der Waals surface area contributed by atoms with Crippen LogP contribution in [-0.2, 0) is 16.3 Å². The minimum Gasteiger partial charge on any atom is -0.303 e. The highest BCUT2D eigenvalue weighted by Crippen LogP contribution is 2.28. The Morgan fingerprint density at radius 3 is 2.26 bits per heavy atom. The fourth-order valence-electron chi connectivity index (χ4n) is 4.22. The molecule has 34 heavy (non-hydrogen) atoms. The number of benzene rings is 3. The van der Waals surface area contributed by atoms with Crippen LogP contribution in [0.2, 0.25) is 5.02 Å². The summed E-state index contributed by atoms with van der Waals surface area (Å²) < 4.78 is 26.1. The predicted octanol–water partition coefficient (Wildman–Crippen LogP) is 7.09. The number of nitrogens with zero attached hydrogens (tertiary/aromatic N) is 2. The van der Waals surface area contributed by atoms with Gasteiger partial charge < -0.3 is 4.57 Å². The Morgan fingerprint density at radius 1 is 0.912 bits per heavy atom. The zero-order valence-corrected chi connectivity index (χ0v) is 21.3. The van der Waals surface area contributed by atoms with Gasteiger partial charge in [-0.2, -0.15) is 0 Å². The van der Waals surface area contributed by atoms with E-state index in [4.69, 9.17) is 16.6 Å². The van der Waals surface area contributed by atoms with Crippen LogP contribution in [0.4, 0.5) is 0 Å². The third-order valence-electron chi connectivity index (χ3n) is 6.25. The lowest BCUT2D eigenvalue weighted by Crippen LogP contribution is -2.02. The smallest absolute Gasteiger partial charge is 0.175 e. The van der Waals surface area contributed by atoms with Gasteiger partial charge in [-0.15, -0.1) is 0 Å². The molecule has 4 nitrogen and oxygen atoms in total. The van der Waals surface area contributed by atoms with E-state index in [1.165, 1.54) is 6.26 Å². The highest BCUT2D eigenvalue weighted by molar-refractivity contribution is 7.90. The van der Waals surface area contributed by atoms with Crippen LogP contribution in [-0.4, -0.2) is 24.2 Å². The molecule has 3 aromatic carbocycles. The first kappa shape index (κ1) is 24.2. The molecular formula is C28H29ClN2O2S. The first-order chi connectivity index (χ1) is 16.3. The number of halogens is 1. The highest BCUT2D eigenvalue weighted by Gasteiger charge is 2.17. The maximum Gasteiger partial charge on any atom is 0.175 e. The molecule has 0 atom stereocenters. The first-order valence-corrected chi connectivity index (χ1v) is 13.8. The first-order valence-electron chi connectivity index (χ1n) is 11.5. The molecule has 0 bridgehead atoms. The maximum absolute atomic E-state index is 12.0. The molecule has 0 amide bonds. The second kappa shape index (κ2) is 10.2. The van der Waals surface area contributed by atoms with Gasteiger partial charge in [0.15, 0.2) is 9.84 Å². The summed E-state index contributed by atoms with van der Waals surface area (Å²) in [7, 11) is -3.26. The number of imidazole rings is 1. The lowest BCUT2D eigenvalue weighted by molar-refractivity contribution is 0.602. The largest absolute Gasteiger partial charge is 0.303 e. The SMILES string of the molecule is CCC(CC)c1cn(-c2ccc(-c3cccc(S(C)(=O)=O)c3)cc2)c(Cc2ccccc2Cl)n1. The van der Waals surface area contributed by atoms with E-state index in [2.05, 4.69) is 36.7 Å². The van der Waals surface area contributed by atoms with Gasteiger partial charge in [0.2, 0.25) is 0 Å². The topological polar surface area (TPSA) is 52.0 Å². The Hall–Kier alpha value is -2.89. The molecule has 0 radical (unpaired) electrons. The lowest BCUT2D eigenvalue weighted by atomic mass is 10.0. The molecule has 0 aliphatic rings. The second-order valence-corrected chi connectivity index (χ2v) is 11.0. The normalized spacial score (nSPS) is 11.8. The third kappa shape index (κ3) is 5.26. The Bertz CT molecular complexity index is 1390. The summed E-state index contributed by atoms with van der Waals surface area (Å²) >= 11 is 6.45. The van der Waals surface area contributed by atoms with Gasteiger partial charge in [0.1, 0.15) is 5.82 Å². The Kier molecular flexibility index (Phi) is 7.24. The standard InChI is InChI=1S/C28H29ClN2O2S/c1-4-20(5-2)27-19-31(28(30-27)18-23-9-6-7-12-26(23)29)24-15-13-21(14-16-24)22-10-8-11-25(17-22)34(3,32)33/h6-17,19-20H,4-5,18H2,1-3H3. The van der Waals surface area contributed by atoms with Crippen molar-refractivity contribution < 1.29 is 8.42 Å². The van der Waals surface area contributed by atoms with Gasteiger partial charge in [0, 0.05) is 35.5 Å². The van der Waals surface area contributed by atoms with Crippen LogP contribution in [0.5, 0.6) is 0 Å². The number of aromatic nitrogens is 2. The van der Waals surface area contributed by atoms with Gasteiger partial charge in [-0.1, -0.05) is 67.9 Å². The highest BCUT2D eigenvalue weighted by atomic mass is 35.5. The van der Waals surface area contributed by atoms with Crippen LogP contribution in [0, 0.1) is 0 Å². The van der Waals surface area contributed by atoms with Crippen LogP contribution in [0.3, 0.4) is 0 Å². The molecule has 0 aliphatic heterocycles. The van der Waals surface area contributed by atoms with Crippen molar-refractivity contribution in [2.45, 2.75) is 43.9 Å². The van der Waals surface area contributed by atoms with Crippen molar-refractivity contribution in [1.82, 2.24) is 9.55 Å². The van der Waals surface area contributed by atoms with Crippen molar-refractivity contribution in [3.63, 3.8) is 0 Å². The van der Waals surface area contributed by atoms with E-state index < -0.39 is 9.84 Å². The summed E-state index contributed by atoms with van der Waals surface area (Å²) in [5, 5.41) is 0.738. The number of hydrogen-bond donors (Lipinski definition) is 0. The molecule has 4 rings (SSSR count). The summed E-state index contributed by atoms with van der Waals surface area (Å²) in [6, 6.07) is 23.1. The van der Waals surface area contributed by atoms with Crippen molar-refractivity contribution in [3.05, 3.63) is 101 Å². The minimum atomic E-state index is -3.26. The van der Waals surface area contributed by atoms with Gasteiger partial charge >= 0.3 is 0 Å². The molecule has 0 unspecified atom stereocenters. The fourth-order valence-corrected chi connectivity index (χ4v) is 5.09. The Labute approximate surface area is 207 Å². The van der Waals surface area contributed by atoms with E-state index in [1.807, 2.05) is 42.5 Å². The van der Waals surface area contributed by atoms with Crippen molar-refractivity contribution in [1.29, 1.82) is 0 Å². The van der Waals surface area contributed by atoms with E-state index >= 15 is 0 Å². The summed E-state index contributed by atoms with van der Waals surface area (Å²) in [5.41, 5.74) is 4.98.